The van der Waals surface area contributed by atoms with E-state index in [4.69, 9.17) is 5.73 Å². The highest BCUT2D eigenvalue weighted by molar-refractivity contribution is 5.62. The molecule has 2 rings (SSSR count). The molecule has 0 aliphatic carbocycles. The summed E-state index contributed by atoms with van der Waals surface area (Å²) < 4.78 is 27.7. The first-order valence-electron chi connectivity index (χ1n) is 5.36. The van der Waals surface area contributed by atoms with Crippen LogP contribution in [0.25, 0.3) is 11.3 Å². The van der Waals surface area contributed by atoms with Crippen molar-refractivity contribution < 1.29 is 8.78 Å². The lowest BCUT2D eigenvalue weighted by atomic mass is 10.1. The summed E-state index contributed by atoms with van der Waals surface area (Å²) in [5.41, 5.74) is 7.15. The molecule has 0 saturated carbocycles. The van der Waals surface area contributed by atoms with Gasteiger partial charge in [0.25, 0.3) is 0 Å². The van der Waals surface area contributed by atoms with Gasteiger partial charge in [-0.25, -0.2) is 13.5 Å². The Kier molecular flexibility index (Phi) is 3.47. The van der Waals surface area contributed by atoms with Gasteiger partial charge in [0, 0.05) is 12.1 Å². The predicted octanol–water partition coefficient (Wildman–Crippen LogP) is 1.87. The molecule has 0 aliphatic rings. The highest BCUT2D eigenvalue weighted by Gasteiger charge is 2.14. The van der Waals surface area contributed by atoms with Gasteiger partial charge < -0.3 is 5.73 Å². The van der Waals surface area contributed by atoms with Crippen LogP contribution in [0.1, 0.15) is 5.69 Å². The minimum atomic E-state index is -0.915. The smallest absolute Gasteiger partial charge is 0.159 e. The Morgan fingerprint density at radius 3 is 2.72 bits per heavy atom. The highest BCUT2D eigenvalue weighted by Crippen LogP contribution is 2.24. The minimum absolute atomic E-state index is 0.172. The van der Waals surface area contributed by atoms with E-state index in [0.29, 0.717) is 23.5 Å². The number of rotatable bonds is 4. The molecule has 94 valence electrons. The molecule has 1 aromatic heterocycles. The van der Waals surface area contributed by atoms with Crippen molar-refractivity contribution in [3.05, 3.63) is 48.2 Å². The first-order valence-corrected chi connectivity index (χ1v) is 5.36. The summed E-state index contributed by atoms with van der Waals surface area (Å²) in [5.74, 6) is -1.81. The summed E-state index contributed by atoms with van der Waals surface area (Å²) in [4.78, 5) is 0. The van der Waals surface area contributed by atoms with Crippen LogP contribution in [-0.2, 0) is 13.1 Å². The van der Waals surface area contributed by atoms with E-state index in [2.05, 4.69) is 16.9 Å². The molecule has 0 amide bonds. The van der Waals surface area contributed by atoms with Crippen LogP contribution in [0.15, 0.2) is 30.9 Å². The number of hydrogen-bond donors (Lipinski definition) is 1. The lowest BCUT2D eigenvalue weighted by Crippen LogP contribution is -2.03. The van der Waals surface area contributed by atoms with Crippen LogP contribution in [0, 0.1) is 11.6 Å². The van der Waals surface area contributed by atoms with E-state index in [1.54, 1.807) is 10.8 Å². The zero-order valence-electron chi connectivity index (χ0n) is 9.61. The Morgan fingerprint density at radius 2 is 2.11 bits per heavy atom. The molecule has 0 unspecified atom stereocenters. The largest absolute Gasteiger partial charge is 0.325 e. The number of nitrogens with zero attached hydrogens (tertiary/aromatic N) is 3. The fourth-order valence-electron chi connectivity index (χ4n) is 1.70. The SMILES string of the molecule is C=CCn1nnc(CN)c1-c1ccc(F)c(F)c1. The average Bonchev–Trinajstić information content (AvgIpc) is 2.76. The van der Waals surface area contributed by atoms with Gasteiger partial charge in [-0.05, 0) is 18.2 Å². The zero-order chi connectivity index (χ0) is 13.1. The van der Waals surface area contributed by atoms with Crippen LogP contribution in [0.3, 0.4) is 0 Å². The van der Waals surface area contributed by atoms with Gasteiger partial charge in [0.1, 0.15) is 5.69 Å². The van der Waals surface area contributed by atoms with Gasteiger partial charge in [-0.2, -0.15) is 0 Å². The van der Waals surface area contributed by atoms with E-state index < -0.39 is 11.6 Å². The van der Waals surface area contributed by atoms with E-state index in [-0.39, 0.29) is 6.54 Å². The molecule has 1 aromatic carbocycles. The van der Waals surface area contributed by atoms with Crippen molar-refractivity contribution in [1.82, 2.24) is 15.0 Å². The molecule has 2 aromatic rings. The van der Waals surface area contributed by atoms with Crippen molar-refractivity contribution in [3.63, 3.8) is 0 Å². The number of benzene rings is 1. The van der Waals surface area contributed by atoms with Crippen molar-refractivity contribution in [2.75, 3.05) is 0 Å². The molecular weight excluding hydrogens is 238 g/mol. The molecule has 0 aliphatic heterocycles. The zero-order valence-corrected chi connectivity index (χ0v) is 9.61. The van der Waals surface area contributed by atoms with Crippen LogP contribution in [0.2, 0.25) is 0 Å². The van der Waals surface area contributed by atoms with Gasteiger partial charge in [0.2, 0.25) is 0 Å². The van der Waals surface area contributed by atoms with E-state index >= 15 is 0 Å². The number of halogens is 2. The minimum Gasteiger partial charge on any atom is -0.325 e. The monoisotopic (exact) mass is 250 g/mol. The molecule has 2 N–H and O–H groups in total. The molecule has 0 atom stereocenters. The van der Waals surface area contributed by atoms with Crippen LogP contribution in [0.5, 0.6) is 0 Å². The molecule has 0 radical (unpaired) electrons. The third-order valence-electron chi connectivity index (χ3n) is 2.49. The molecule has 4 nitrogen and oxygen atoms in total. The van der Waals surface area contributed by atoms with Gasteiger partial charge in [0.15, 0.2) is 11.6 Å². The fourth-order valence-corrected chi connectivity index (χ4v) is 1.70. The normalized spacial score (nSPS) is 10.6. The van der Waals surface area contributed by atoms with E-state index in [0.717, 1.165) is 12.1 Å². The van der Waals surface area contributed by atoms with E-state index in [1.165, 1.54) is 6.07 Å². The second-order valence-corrected chi connectivity index (χ2v) is 3.69. The van der Waals surface area contributed by atoms with Crippen molar-refractivity contribution >= 4 is 0 Å². The summed E-state index contributed by atoms with van der Waals surface area (Å²) in [7, 11) is 0. The highest BCUT2D eigenvalue weighted by atomic mass is 19.2. The Bertz CT molecular complexity index is 577. The number of nitrogens with two attached hydrogens (primary N) is 1. The molecular formula is C12H12F2N4. The maximum absolute atomic E-state index is 13.2. The third-order valence-corrected chi connectivity index (χ3v) is 2.49. The molecule has 6 heteroatoms. The van der Waals surface area contributed by atoms with E-state index in [1.807, 2.05) is 0 Å². The molecule has 0 saturated heterocycles. The fraction of sp³-hybridized carbons (Fsp3) is 0.167. The second-order valence-electron chi connectivity index (χ2n) is 3.69. The van der Waals surface area contributed by atoms with Crippen LogP contribution in [-0.4, -0.2) is 15.0 Å². The maximum atomic E-state index is 13.2. The summed E-state index contributed by atoms with van der Waals surface area (Å²) >= 11 is 0. The van der Waals surface area contributed by atoms with E-state index in [9.17, 15) is 8.78 Å². The molecule has 18 heavy (non-hydrogen) atoms. The van der Waals surface area contributed by atoms with Crippen molar-refractivity contribution in [2.24, 2.45) is 5.73 Å². The Morgan fingerprint density at radius 1 is 1.33 bits per heavy atom. The summed E-state index contributed by atoms with van der Waals surface area (Å²) in [6, 6.07) is 3.64. The van der Waals surface area contributed by atoms with Gasteiger partial charge in [-0.1, -0.05) is 11.3 Å². The van der Waals surface area contributed by atoms with Crippen LogP contribution >= 0.6 is 0 Å². The second kappa shape index (κ2) is 5.05. The Balaban J connectivity index is 2.56. The number of allylic oxidation sites excluding steroid dienone is 1. The summed E-state index contributed by atoms with van der Waals surface area (Å²) in [6.07, 6.45) is 1.64. The van der Waals surface area contributed by atoms with Gasteiger partial charge in [-0.3, -0.25) is 0 Å². The maximum Gasteiger partial charge on any atom is 0.159 e. The lowest BCUT2D eigenvalue weighted by molar-refractivity contribution is 0.509. The van der Waals surface area contributed by atoms with Gasteiger partial charge in [-0.15, -0.1) is 11.7 Å². The predicted molar refractivity (Wildman–Crippen MR) is 63.5 cm³/mol. The summed E-state index contributed by atoms with van der Waals surface area (Å²) in [5, 5.41) is 7.81. The lowest BCUT2D eigenvalue weighted by Gasteiger charge is -2.06. The Hall–Kier alpha value is -2.08. The number of aromatic nitrogens is 3. The third kappa shape index (κ3) is 2.14. The van der Waals surface area contributed by atoms with Gasteiger partial charge >= 0.3 is 0 Å². The standard InChI is InChI=1S/C12H12F2N4/c1-2-5-18-12(11(7-15)16-17-18)8-3-4-9(13)10(14)6-8/h2-4,6H,1,5,7,15H2. The molecule has 0 fully saturated rings. The summed E-state index contributed by atoms with van der Waals surface area (Å²) in [6.45, 7) is 4.19. The topological polar surface area (TPSA) is 56.7 Å². The van der Waals surface area contributed by atoms with Crippen molar-refractivity contribution in [1.29, 1.82) is 0 Å². The number of hydrogen-bond acceptors (Lipinski definition) is 3. The van der Waals surface area contributed by atoms with Gasteiger partial charge in [0.05, 0.1) is 12.2 Å². The first-order chi connectivity index (χ1) is 8.67. The van der Waals surface area contributed by atoms with Crippen LogP contribution in [0.4, 0.5) is 8.78 Å². The van der Waals surface area contributed by atoms with Crippen LogP contribution < -0.4 is 5.73 Å². The Labute approximate surface area is 103 Å². The molecule has 0 spiro atoms. The molecule has 1 heterocycles. The molecule has 0 bridgehead atoms. The first kappa shape index (κ1) is 12.4. The van der Waals surface area contributed by atoms with Crippen molar-refractivity contribution in [3.8, 4) is 11.3 Å². The average molecular weight is 250 g/mol. The quantitative estimate of drug-likeness (QED) is 0.843. The van der Waals surface area contributed by atoms with Crippen molar-refractivity contribution in [2.45, 2.75) is 13.1 Å².